The topological polar surface area (TPSA) is 163 Å². The molecule has 0 radical (unpaired) electrons. The third kappa shape index (κ3) is 6.73. The summed E-state index contributed by atoms with van der Waals surface area (Å²) in [6.45, 7) is -0.0813. The number of phenolic OH excluding ortho intramolecular Hbond substituents is 1. The van der Waals surface area contributed by atoms with Crippen molar-refractivity contribution < 1.29 is 37.7 Å². The molecule has 0 bridgehead atoms. The minimum absolute atomic E-state index is 0.00672. The number of aliphatic carboxylic acids is 1. The van der Waals surface area contributed by atoms with Gasteiger partial charge < -0.3 is 25.0 Å². The number of carboxylic acids is 1. The minimum atomic E-state index is -4.10. The molecule has 5 aromatic carbocycles. The van der Waals surface area contributed by atoms with Crippen LogP contribution in [0.15, 0.2) is 95.9 Å². The lowest BCUT2D eigenvalue weighted by atomic mass is 9.93. The van der Waals surface area contributed by atoms with Crippen LogP contribution in [0.3, 0.4) is 0 Å². The smallest absolute Gasteiger partial charge is 0.412 e. The minimum Gasteiger partial charge on any atom is -0.507 e. The van der Waals surface area contributed by atoms with Crippen LogP contribution in [-0.4, -0.2) is 50.4 Å². The van der Waals surface area contributed by atoms with Crippen LogP contribution < -0.4 is 24.3 Å². The van der Waals surface area contributed by atoms with Gasteiger partial charge in [-0.25, -0.2) is 18.0 Å². The number of ether oxygens (including phenoxy) is 2. The van der Waals surface area contributed by atoms with Crippen molar-refractivity contribution in [3.05, 3.63) is 91.0 Å². The molecule has 0 spiro atoms. The zero-order valence-corrected chi connectivity index (χ0v) is 25.4. The lowest BCUT2D eigenvalue weighted by Gasteiger charge is -2.20. The van der Waals surface area contributed by atoms with E-state index in [-0.39, 0.29) is 40.6 Å². The van der Waals surface area contributed by atoms with Gasteiger partial charge in [0.15, 0.2) is 0 Å². The second-order valence-electron chi connectivity index (χ2n) is 9.91. The van der Waals surface area contributed by atoms with Crippen LogP contribution in [0.2, 0.25) is 0 Å². The summed E-state index contributed by atoms with van der Waals surface area (Å²) in [5.74, 6) is -0.777. The highest BCUT2D eigenvalue weighted by Gasteiger charge is 2.24. The zero-order valence-electron chi connectivity index (χ0n) is 23.8. The lowest BCUT2D eigenvalue weighted by molar-refractivity contribution is -0.139. The monoisotopic (exact) mass is 649 g/mol. The van der Waals surface area contributed by atoms with Gasteiger partial charge in [-0.15, -0.1) is 0 Å². The normalized spacial score (nSPS) is 12.0. The fourth-order valence-corrected chi connectivity index (χ4v) is 6.18. The van der Waals surface area contributed by atoms with E-state index in [2.05, 4.69) is 14.9 Å². The third-order valence-electron chi connectivity index (χ3n) is 7.11. The number of methoxy groups -OCH3 is 1. The third-order valence-corrected chi connectivity index (χ3v) is 8.76. The predicted octanol–water partition coefficient (Wildman–Crippen LogP) is 5.85. The first kappa shape index (κ1) is 31.4. The highest BCUT2D eigenvalue weighted by Crippen LogP contribution is 2.47. The second kappa shape index (κ2) is 13.3. The van der Waals surface area contributed by atoms with Crippen molar-refractivity contribution in [2.24, 2.45) is 0 Å². The first-order valence-electron chi connectivity index (χ1n) is 13.6. The Bertz CT molecular complexity index is 2000. The molecule has 0 aromatic heterocycles. The molecule has 0 saturated carbocycles. The maximum Gasteiger partial charge on any atom is 0.412 e. The van der Waals surface area contributed by atoms with Crippen molar-refractivity contribution in [3.8, 4) is 28.4 Å². The van der Waals surface area contributed by atoms with Crippen LogP contribution in [0.25, 0.3) is 32.7 Å². The van der Waals surface area contributed by atoms with Crippen molar-refractivity contribution >= 4 is 61.1 Å². The summed E-state index contributed by atoms with van der Waals surface area (Å²) in [6, 6.07) is 23.5. The van der Waals surface area contributed by atoms with Gasteiger partial charge in [0.2, 0.25) is 0 Å². The maximum absolute atomic E-state index is 13.5. The van der Waals surface area contributed by atoms with Crippen LogP contribution in [0.4, 0.5) is 10.5 Å². The molecular weight excluding hydrogens is 622 g/mol. The molecule has 13 heteroatoms. The van der Waals surface area contributed by atoms with Crippen LogP contribution in [0, 0.1) is 0 Å². The molecular formula is C32H28ClN3O8S. The Hall–Kier alpha value is -5.04. The van der Waals surface area contributed by atoms with E-state index in [9.17, 15) is 28.2 Å². The second-order valence-corrected chi connectivity index (χ2v) is 11.8. The number of nitrogens with one attached hydrogen (secondary N) is 3. The van der Waals surface area contributed by atoms with E-state index in [0.717, 1.165) is 5.39 Å². The number of carbonyl (C=O) groups is 2. The number of carboxylic acid groups (broad SMARTS) is 1. The van der Waals surface area contributed by atoms with E-state index >= 15 is 0 Å². The molecule has 0 aliphatic carbocycles. The van der Waals surface area contributed by atoms with Gasteiger partial charge in [0.1, 0.15) is 23.3 Å². The number of halogens is 1. The number of carbonyl (C=O) groups excluding carboxylic acids is 1. The van der Waals surface area contributed by atoms with E-state index in [1.807, 2.05) is 12.1 Å². The quantitative estimate of drug-likeness (QED) is 0.110. The fraction of sp³-hybridized carbons (Fsp3) is 0.125. The summed E-state index contributed by atoms with van der Waals surface area (Å²) in [5, 5.41) is 25.1. The number of hydrogen-bond donors (Lipinski definition) is 5. The summed E-state index contributed by atoms with van der Waals surface area (Å²) < 4.78 is 40.7. The first-order chi connectivity index (χ1) is 21.6. The molecule has 5 N–H and O–H groups in total. The van der Waals surface area contributed by atoms with Gasteiger partial charge >= 0.3 is 12.1 Å². The highest BCUT2D eigenvalue weighted by molar-refractivity contribution is 7.92. The van der Waals surface area contributed by atoms with Crippen LogP contribution in [0.1, 0.15) is 6.42 Å². The van der Waals surface area contributed by atoms with Crippen LogP contribution in [-0.2, 0) is 14.8 Å². The van der Waals surface area contributed by atoms with E-state index in [1.165, 1.54) is 43.5 Å². The van der Waals surface area contributed by atoms with Gasteiger partial charge in [0.05, 0.1) is 17.7 Å². The SMILES string of the molecule is COc1ccc(S(=O)(=O)Nc2cc(-c3c(O)ccc4ccccc34)c(OC(=O)NCC[C@H](NCl)C(=O)O)c3ccccc23)cc1. The number of hydrogen-bond acceptors (Lipinski definition) is 8. The standard InChI is InChI=1S/C32H28ClN3O8S/c1-43-20-11-13-21(14-12-20)45(41,42)36-27-18-25(29-22-7-3-2-6-19(22)10-15-28(29)37)30(24-9-5-4-8-23(24)27)44-32(40)34-17-16-26(35-33)31(38)39/h2-15,18,26,35-37H,16-17H2,1H3,(H,34,40)(H,38,39)/t26-/m0/s1. The van der Waals surface area contributed by atoms with Crippen molar-refractivity contribution in [2.45, 2.75) is 17.4 Å². The molecule has 0 unspecified atom stereocenters. The highest BCUT2D eigenvalue weighted by atomic mass is 35.5. The Balaban J connectivity index is 1.65. The van der Waals surface area contributed by atoms with E-state index in [0.29, 0.717) is 27.5 Å². The molecule has 0 heterocycles. The van der Waals surface area contributed by atoms with Gasteiger partial charge in [0, 0.05) is 28.4 Å². The molecule has 1 amide bonds. The number of fused-ring (bicyclic) bond motifs is 2. The lowest BCUT2D eigenvalue weighted by Crippen LogP contribution is -2.36. The Labute approximate surface area is 263 Å². The molecule has 232 valence electrons. The van der Waals surface area contributed by atoms with Gasteiger partial charge in [-0.3, -0.25) is 9.52 Å². The number of sulfonamides is 1. The number of benzene rings is 5. The molecule has 0 saturated heterocycles. The Morgan fingerprint density at radius 1 is 0.911 bits per heavy atom. The number of aromatic hydroxyl groups is 1. The van der Waals surface area contributed by atoms with Crippen molar-refractivity contribution in [1.29, 1.82) is 0 Å². The Morgan fingerprint density at radius 3 is 2.24 bits per heavy atom. The summed E-state index contributed by atoms with van der Waals surface area (Å²) in [6.07, 6.45) is -0.927. The number of phenols is 1. The Kier molecular flexibility index (Phi) is 9.28. The summed E-state index contributed by atoms with van der Waals surface area (Å²) >= 11 is 5.48. The van der Waals surface area contributed by atoms with E-state index in [1.54, 1.807) is 42.5 Å². The number of rotatable bonds is 11. The predicted molar refractivity (Wildman–Crippen MR) is 171 cm³/mol. The molecule has 11 nitrogen and oxygen atoms in total. The van der Waals surface area contributed by atoms with Crippen LogP contribution in [0.5, 0.6) is 17.2 Å². The zero-order chi connectivity index (χ0) is 32.1. The molecule has 0 fully saturated rings. The molecule has 45 heavy (non-hydrogen) atoms. The van der Waals surface area contributed by atoms with Crippen molar-refractivity contribution in [1.82, 2.24) is 10.2 Å². The largest absolute Gasteiger partial charge is 0.507 e. The summed E-state index contributed by atoms with van der Waals surface area (Å²) in [5.41, 5.74) is 0.717. The van der Waals surface area contributed by atoms with Gasteiger partial charge in [-0.05, 0) is 65.4 Å². The average Bonchev–Trinajstić information content (AvgIpc) is 3.04. The van der Waals surface area contributed by atoms with Gasteiger partial charge in [-0.2, -0.15) is 0 Å². The van der Waals surface area contributed by atoms with Crippen molar-refractivity contribution in [3.63, 3.8) is 0 Å². The summed E-state index contributed by atoms with van der Waals surface area (Å²) in [7, 11) is -2.62. The Morgan fingerprint density at radius 2 is 1.58 bits per heavy atom. The fourth-order valence-electron chi connectivity index (χ4n) is 4.90. The number of anilines is 1. The molecule has 1 atom stereocenters. The average molecular weight is 650 g/mol. The molecule has 5 aromatic rings. The molecule has 0 aliphatic rings. The summed E-state index contributed by atoms with van der Waals surface area (Å²) in [4.78, 5) is 26.5. The van der Waals surface area contributed by atoms with Crippen LogP contribution >= 0.6 is 11.8 Å². The van der Waals surface area contributed by atoms with E-state index in [4.69, 9.17) is 21.3 Å². The van der Waals surface area contributed by atoms with Gasteiger partial charge in [-0.1, -0.05) is 54.6 Å². The van der Waals surface area contributed by atoms with E-state index < -0.39 is 28.1 Å². The number of amides is 1. The maximum atomic E-state index is 13.5. The first-order valence-corrected chi connectivity index (χ1v) is 15.5. The molecule has 0 aliphatic heterocycles. The van der Waals surface area contributed by atoms with Gasteiger partial charge in [0.25, 0.3) is 10.0 Å². The van der Waals surface area contributed by atoms with Crippen molar-refractivity contribution in [2.75, 3.05) is 18.4 Å². The molecule has 5 rings (SSSR count).